The summed E-state index contributed by atoms with van der Waals surface area (Å²) in [6.45, 7) is 0.813. The molecule has 0 heterocycles. The molecule has 1 aliphatic rings. The molecule has 0 saturated heterocycles. The van der Waals surface area contributed by atoms with Gasteiger partial charge in [-0.05, 0) is 67.8 Å². The van der Waals surface area contributed by atoms with E-state index in [4.69, 9.17) is 34.8 Å². The largest absolute Gasteiger partial charge is 0.352 e. The zero-order valence-corrected chi connectivity index (χ0v) is 26.0. The molecule has 0 radical (unpaired) electrons. The van der Waals surface area contributed by atoms with Gasteiger partial charge < -0.3 is 10.2 Å². The van der Waals surface area contributed by atoms with Gasteiger partial charge in [0.2, 0.25) is 11.8 Å². The molecule has 7 nitrogen and oxygen atoms in total. The minimum atomic E-state index is -4.31. The third kappa shape index (κ3) is 7.75. The van der Waals surface area contributed by atoms with Gasteiger partial charge in [-0.15, -0.1) is 0 Å². The Morgan fingerprint density at radius 1 is 0.952 bits per heavy atom. The number of nitrogens with zero attached hydrogens (tertiary/aromatic N) is 2. The van der Waals surface area contributed by atoms with Crippen molar-refractivity contribution < 1.29 is 22.4 Å². The van der Waals surface area contributed by atoms with Crippen LogP contribution in [-0.4, -0.2) is 43.8 Å². The van der Waals surface area contributed by atoms with E-state index >= 15 is 0 Å². The Bertz CT molecular complexity index is 1540. The lowest BCUT2D eigenvalue weighted by Crippen LogP contribution is -2.53. The second-order valence-corrected chi connectivity index (χ2v) is 13.3. The number of benzene rings is 3. The van der Waals surface area contributed by atoms with Crippen molar-refractivity contribution in [2.75, 3.05) is 10.8 Å². The number of nitrogens with one attached hydrogen (secondary N) is 1. The van der Waals surface area contributed by atoms with Crippen LogP contribution in [0.4, 0.5) is 10.1 Å². The fraction of sp³-hybridized carbons (Fsp3) is 0.333. The number of halogens is 4. The summed E-state index contributed by atoms with van der Waals surface area (Å²) in [7, 11) is -4.31. The molecule has 1 aliphatic carbocycles. The van der Waals surface area contributed by atoms with Crippen molar-refractivity contribution in [3.05, 3.63) is 93.2 Å². The molecule has 4 rings (SSSR count). The second kappa shape index (κ2) is 14.1. The number of sulfonamides is 1. The Labute approximate surface area is 260 Å². The molecule has 42 heavy (non-hydrogen) atoms. The number of hydrogen-bond donors (Lipinski definition) is 1. The maximum Gasteiger partial charge on any atom is 0.264 e. The van der Waals surface area contributed by atoms with Crippen LogP contribution >= 0.6 is 34.8 Å². The van der Waals surface area contributed by atoms with Crippen LogP contribution in [0.1, 0.15) is 44.6 Å². The van der Waals surface area contributed by atoms with Crippen molar-refractivity contribution in [1.29, 1.82) is 0 Å². The maximum atomic E-state index is 14.0. The van der Waals surface area contributed by atoms with E-state index in [-0.39, 0.29) is 34.1 Å². The smallest absolute Gasteiger partial charge is 0.264 e. The average molecular weight is 655 g/mol. The van der Waals surface area contributed by atoms with Crippen LogP contribution in [0.3, 0.4) is 0 Å². The van der Waals surface area contributed by atoms with Crippen LogP contribution in [0.15, 0.2) is 71.6 Å². The summed E-state index contributed by atoms with van der Waals surface area (Å²) >= 11 is 18.5. The van der Waals surface area contributed by atoms with Gasteiger partial charge in [-0.2, -0.15) is 0 Å². The van der Waals surface area contributed by atoms with Crippen molar-refractivity contribution in [2.45, 2.75) is 62.6 Å². The molecule has 0 bridgehead atoms. The van der Waals surface area contributed by atoms with Crippen molar-refractivity contribution in [1.82, 2.24) is 10.2 Å². The Kier molecular flexibility index (Phi) is 10.8. The molecule has 1 N–H and O–H groups in total. The van der Waals surface area contributed by atoms with E-state index in [0.717, 1.165) is 48.5 Å². The number of carbonyl (C=O) groups excluding carboxylic acids is 2. The quantitative estimate of drug-likeness (QED) is 0.259. The maximum absolute atomic E-state index is 14.0. The van der Waals surface area contributed by atoms with E-state index < -0.39 is 34.3 Å². The molecule has 0 aliphatic heterocycles. The zero-order chi connectivity index (χ0) is 30.4. The molecule has 2 amide bonds. The summed E-state index contributed by atoms with van der Waals surface area (Å²) in [5, 5.41) is 3.43. The van der Waals surface area contributed by atoms with Gasteiger partial charge in [0.15, 0.2) is 0 Å². The summed E-state index contributed by atoms with van der Waals surface area (Å²) in [4.78, 5) is 28.6. The van der Waals surface area contributed by atoms with Crippen LogP contribution in [0.2, 0.25) is 15.1 Å². The van der Waals surface area contributed by atoms with Gasteiger partial charge in [-0.1, -0.05) is 78.3 Å². The van der Waals surface area contributed by atoms with Gasteiger partial charge in [0, 0.05) is 22.6 Å². The topological polar surface area (TPSA) is 86.8 Å². The molecular formula is C30H31Cl3FN3O4S. The summed E-state index contributed by atoms with van der Waals surface area (Å²) in [6.07, 6.45) is 4.83. The molecule has 1 saturated carbocycles. The SMILES string of the molecule is C[C@H](C(=O)NC1CCCCC1)N(Cc1ccc(Cl)cc1Cl)C(=O)CN(c1ccc(F)c(Cl)c1)S(=O)(=O)c1ccccc1. The summed E-state index contributed by atoms with van der Waals surface area (Å²) in [5.74, 6) is -1.77. The minimum absolute atomic E-state index is 0.00101. The van der Waals surface area contributed by atoms with Gasteiger partial charge in [-0.3, -0.25) is 13.9 Å². The van der Waals surface area contributed by atoms with Crippen molar-refractivity contribution in [3.8, 4) is 0 Å². The predicted octanol–water partition coefficient (Wildman–Crippen LogP) is 6.85. The monoisotopic (exact) mass is 653 g/mol. The van der Waals surface area contributed by atoms with E-state index in [9.17, 15) is 22.4 Å². The second-order valence-electron chi connectivity index (χ2n) is 10.2. The van der Waals surface area contributed by atoms with E-state index in [1.807, 2.05) is 0 Å². The van der Waals surface area contributed by atoms with Gasteiger partial charge in [-0.25, -0.2) is 12.8 Å². The van der Waals surface area contributed by atoms with Crippen LogP contribution in [0, 0.1) is 5.82 Å². The van der Waals surface area contributed by atoms with Gasteiger partial charge in [0.1, 0.15) is 18.4 Å². The Morgan fingerprint density at radius 2 is 1.64 bits per heavy atom. The first kappa shape index (κ1) is 32.1. The highest BCUT2D eigenvalue weighted by Crippen LogP contribution is 2.29. The lowest BCUT2D eigenvalue weighted by molar-refractivity contribution is -0.139. The Morgan fingerprint density at radius 3 is 2.29 bits per heavy atom. The number of amides is 2. The molecule has 1 atom stereocenters. The van der Waals surface area contributed by atoms with Gasteiger partial charge >= 0.3 is 0 Å². The molecule has 12 heteroatoms. The molecule has 0 unspecified atom stereocenters. The highest BCUT2D eigenvalue weighted by Gasteiger charge is 2.33. The molecule has 0 aromatic heterocycles. The van der Waals surface area contributed by atoms with Gasteiger partial charge in [0.25, 0.3) is 10.0 Å². The summed E-state index contributed by atoms with van der Waals surface area (Å²) in [6, 6.07) is 14.8. The highest BCUT2D eigenvalue weighted by atomic mass is 35.5. The third-order valence-electron chi connectivity index (χ3n) is 7.28. The molecule has 224 valence electrons. The fourth-order valence-electron chi connectivity index (χ4n) is 4.87. The van der Waals surface area contributed by atoms with E-state index in [1.54, 1.807) is 37.3 Å². The van der Waals surface area contributed by atoms with Crippen LogP contribution in [0.25, 0.3) is 0 Å². The van der Waals surface area contributed by atoms with Crippen molar-refractivity contribution in [3.63, 3.8) is 0 Å². The predicted molar refractivity (Wildman–Crippen MR) is 164 cm³/mol. The fourth-order valence-corrected chi connectivity index (χ4v) is 6.94. The van der Waals surface area contributed by atoms with E-state index in [2.05, 4.69) is 5.32 Å². The first-order valence-corrected chi connectivity index (χ1v) is 16.1. The van der Waals surface area contributed by atoms with Gasteiger partial charge in [0.05, 0.1) is 15.6 Å². The van der Waals surface area contributed by atoms with Crippen LogP contribution < -0.4 is 9.62 Å². The highest BCUT2D eigenvalue weighted by molar-refractivity contribution is 7.92. The first-order valence-electron chi connectivity index (χ1n) is 13.5. The normalized spacial score (nSPS) is 14.7. The third-order valence-corrected chi connectivity index (χ3v) is 9.94. The number of rotatable bonds is 10. The summed E-state index contributed by atoms with van der Waals surface area (Å²) in [5.41, 5.74) is 0.511. The molecule has 1 fully saturated rings. The van der Waals surface area contributed by atoms with E-state index in [1.165, 1.54) is 29.2 Å². The minimum Gasteiger partial charge on any atom is -0.352 e. The molecule has 0 spiro atoms. The Balaban J connectivity index is 1.70. The molecule has 3 aromatic carbocycles. The van der Waals surface area contributed by atoms with Crippen molar-refractivity contribution in [2.24, 2.45) is 0 Å². The Hall–Kier alpha value is -2.85. The molecular weight excluding hydrogens is 624 g/mol. The number of hydrogen-bond acceptors (Lipinski definition) is 4. The lowest BCUT2D eigenvalue weighted by atomic mass is 9.95. The summed E-state index contributed by atoms with van der Waals surface area (Å²) < 4.78 is 42.5. The van der Waals surface area contributed by atoms with E-state index in [0.29, 0.717) is 15.6 Å². The molecule has 3 aromatic rings. The number of carbonyl (C=O) groups is 2. The first-order chi connectivity index (χ1) is 20.0. The van der Waals surface area contributed by atoms with Crippen molar-refractivity contribution >= 4 is 62.3 Å². The number of anilines is 1. The average Bonchev–Trinajstić information content (AvgIpc) is 2.97. The lowest BCUT2D eigenvalue weighted by Gasteiger charge is -2.33. The van der Waals surface area contributed by atoms with Crippen LogP contribution in [0.5, 0.6) is 0 Å². The van der Waals surface area contributed by atoms with Crippen LogP contribution in [-0.2, 0) is 26.2 Å². The standard InChI is InChI=1S/C30H31Cl3FN3O4S/c1-20(30(39)35-23-8-4-2-5-9-23)36(18-21-12-13-22(31)16-26(21)32)29(38)19-37(24-14-15-28(34)27(33)17-24)42(40,41)25-10-6-3-7-11-25/h3,6-7,10-17,20,23H,2,4-5,8-9,18-19H2,1H3,(H,35,39)/t20-/m1/s1. The zero-order valence-electron chi connectivity index (χ0n) is 22.9.